The fraction of sp³-hybridized carbons (Fsp3) is 0.0870. The maximum absolute atomic E-state index is 13.9. The average Bonchev–Trinajstić information content (AvgIpc) is 3.13. The molecule has 0 aliphatic carbocycles. The summed E-state index contributed by atoms with van der Waals surface area (Å²) in [6.07, 6.45) is -4.91. The Hall–Kier alpha value is -3.91. The highest BCUT2D eigenvalue weighted by Gasteiger charge is 2.32. The fourth-order valence-electron chi connectivity index (χ4n) is 3.55. The predicted octanol–water partition coefficient (Wildman–Crippen LogP) is 5.86. The van der Waals surface area contributed by atoms with E-state index < -0.39 is 47.3 Å². The van der Waals surface area contributed by atoms with Crippen molar-refractivity contribution in [1.82, 2.24) is 9.78 Å². The summed E-state index contributed by atoms with van der Waals surface area (Å²) < 4.78 is 74.5. The molecule has 1 aromatic heterocycles. The van der Waals surface area contributed by atoms with Crippen molar-refractivity contribution in [1.29, 1.82) is 0 Å². The number of carbonyl (C=O) groups excluding carboxylic acids is 2. The number of alkyl halides is 3. The van der Waals surface area contributed by atoms with Crippen molar-refractivity contribution >= 4 is 61.8 Å². The summed E-state index contributed by atoms with van der Waals surface area (Å²) in [5.41, 5.74) is 9.31. The van der Waals surface area contributed by atoms with Crippen LogP contribution >= 0.6 is 27.5 Å². The van der Waals surface area contributed by atoms with E-state index in [1.54, 1.807) is 0 Å². The van der Waals surface area contributed by atoms with E-state index in [0.717, 1.165) is 16.8 Å². The lowest BCUT2D eigenvalue weighted by Crippen LogP contribution is -2.19. The highest BCUT2D eigenvalue weighted by molar-refractivity contribution is 9.10. The van der Waals surface area contributed by atoms with Crippen LogP contribution in [0.5, 0.6) is 11.5 Å². The van der Waals surface area contributed by atoms with Gasteiger partial charge in [0.1, 0.15) is 23.9 Å². The molecule has 0 saturated carbocycles. The van der Waals surface area contributed by atoms with Crippen molar-refractivity contribution in [2.75, 3.05) is 11.1 Å². The molecule has 0 unspecified atom stereocenters. The summed E-state index contributed by atoms with van der Waals surface area (Å²) in [7, 11) is 0. The Labute approximate surface area is 223 Å². The Morgan fingerprint density at radius 2 is 1.82 bits per heavy atom. The minimum Gasteiger partial charge on any atom is -0.453 e. The standard InChI is InChI=1S/C23H14BrClF5N5O3/c24-13-7-15(33-22(37)9-3-10(23(28,29)30)5-12(27)4-9)20(38-16-6-11(26)1-2-14(16)25)18-19(13)35(8-17(31)36)34-21(18)32/h1-7H,8H2,(H2,31,36)(H2,32,34)(H,33,37). The number of carbonyl (C=O) groups is 2. The van der Waals surface area contributed by atoms with Gasteiger partial charge < -0.3 is 21.5 Å². The third-order valence-electron chi connectivity index (χ3n) is 5.09. The van der Waals surface area contributed by atoms with Crippen molar-refractivity contribution < 1.29 is 36.3 Å². The SMILES string of the molecule is NC(=O)Cn1nc(N)c2c(Oc3cc(F)ccc3Cl)c(NC(=O)c3cc(F)cc(C(F)(F)F)c3)cc(Br)c21. The first-order valence-corrected chi connectivity index (χ1v) is 11.5. The van der Waals surface area contributed by atoms with Gasteiger partial charge in [0.15, 0.2) is 11.6 Å². The number of fused-ring (bicyclic) bond motifs is 1. The molecule has 0 fully saturated rings. The van der Waals surface area contributed by atoms with Crippen LogP contribution in [-0.2, 0) is 17.5 Å². The van der Waals surface area contributed by atoms with E-state index in [2.05, 4.69) is 26.3 Å². The van der Waals surface area contributed by atoms with Gasteiger partial charge in [-0.2, -0.15) is 18.3 Å². The van der Waals surface area contributed by atoms with Crippen LogP contribution in [0.1, 0.15) is 15.9 Å². The molecule has 1 heterocycles. The molecule has 2 amide bonds. The minimum absolute atomic E-state index is 0.0199. The molecule has 198 valence electrons. The summed E-state index contributed by atoms with van der Waals surface area (Å²) in [5, 5.41) is 6.38. The molecule has 4 aromatic rings. The van der Waals surface area contributed by atoms with E-state index in [9.17, 15) is 31.5 Å². The van der Waals surface area contributed by atoms with Crippen LogP contribution in [0, 0.1) is 11.6 Å². The average molecular weight is 619 g/mol. The number of hydrogen-bond acceptors (Lipinski definition) is 5. The summed E-state index contributed by atoms with van der Waals surface area (Å²) in [6.45, 7) is -0.401. The second-order valence-corrected chi connectivity index (χ2v) is 9.09. The van der Waals surface area contributed by atoms with Crippen LogP contribution in [0.4, 0.5) is 33.5 Å². The summed E-state index contributed by atoms with van der Waals surface area (Å²) in [6, 6.07) is 5.80. The minimum atomic E-state index is -4.91. The number of nitrogen functional groups attached to an aromatic ring is 1. The van der Waals surface area contributed by atoms with Gasteiger partial charge >= 0.3 is 6.18 Å². The number of halogens is 7. The Balaban J connectivity index is 1.89. The molecule has 5 N–H and O–H groups in total. The molecule has 8 nitrogen and oxygen atoms in total. The monoisotopic (exact) mass is 617 g/mol. The number of rotatable bonds is 6. The second-order valence-electron chi connectivity index (χ2n) is 7.83. The van der Waals surface area contributed by atoms with Crippen molar-refractivity contribution in [2.45, 2.75) is 12.7 Å². The molecule has 0 spiro atoms. The smallest absolute Gasteiger partial charge is 0.416 e. The van der Waals surface area contributed by atoms with Gasteiger partial charge in [-0.05, 0) is 52.3 Å². The molecule has 0 aliphatic rings. The first-order valence-electron chi connectivity index (χ1n) is 10.3. The molecule has 0 aliphatic heterocycles. The van der Waals surface area contributed by atoms with Crippen molar-refractivity contribution in [3.63, 3.8) is 0 Å². The number of hydrogen-bond donors (Lipinski definition) is 3. The lowest BCUT2D eigenvalue weighted by atomic mass is 10.1. The Morgan fingerprint density at radius 1 is 1.11 bits per heavy atom. The second kappa shape index (κ2) is 10.1. The molecule has 0 saturated heterocycles. The largest absolute Gasteiger partial charge is 0.453 e. The van der Waals surface area contributed by atoms with Crippen molar-refractivity contribution in [3.05, 3.63) is 74.7 Å². The number of amides is 2. The quantitative estimate of drug-likeness (QED) is 0.234. The van der Waals surface area contributed by atoms with Gasteiger partial charge in [0.05, 0.1) is 27.2 Å². The van der Waals surface area contributed by atoms with Crippen LogP contribution in [-0.4, -0.2) is 21.6 Å². The Bertz CT molecular complexity index is 1610. The van der Waals surface area contributed by atoms with Gasteiger partial charge in [0, 0.05) is 16.1 Å². The molecule has 0 atom stereocenters. The van der Waals surface area contributed by atoms with Crippen LogP contribution in [0.2, 0.25) is 5.02 Å². The van der Waals surface area contributed by atoms with E-state index >= 15 is 0 Å². The van der Waals surface area contributed by atoms with Crippen molar-refractivity contribution in [3.8, 4) is 11.5 Å². The number of nitrogens with zero attached hydrogens (tertiary/aromatic N) is 2. The maximum atomic E-state index is 13.9. The van der Waals surface area contributed by atoms with E-state index in [-0.39, 0.29) is 49.5 Å². The molecule has 0 radical (unpaired) electrons. The predicted molar refractivity (Wildman–Crippen MR) is 132 cm³/mol. The number of benzene rings is 3. The zero-order valence-electron chi connectivity index (χ0n) is 18.7. The maximum Gasteiger partial charge on any atom is 0.416 e. The molecular weight excluding hydrogens is 605 g/mol. The van der Waals surface area contributed by atoms with E-state index in [1.165, 1.54) is 12.1 Å². The topological polar surface area (TPSA) is 125 Å². The van der Waals surface area contributed by atoms with Gasteiger partial charge in [0.25, 0.3) is 5.91 Å². The Morgan fingerprint density at radius 3 is 2.47 bits per heavy atom. The molecule has 4 rings (SSSR count). The van der Waals surface area contributed by atoms with Gasteiger partial charge in [-0.15, -0.1) is 0 Å². The molecule has 38 heavy (non-hydrogen) atoms. The van der Waals surface area contributed by atoms with E-state index in [0.29, 0.717) is 12.1 Å². The summed E-state index contributed by atoms with van der Waals surface area (Å²) >= 11 is 9.40. The third-order valence-corrected chi connectivity index (χ3v) is 6.01. The number of anilines is 2. The van der Waals surface area contributed by atoms with Gasteiger partial charge in [0.2, 0.25) is 5.91 Å². The van der Waals surface area contributed by atoms with Gasteiger partial charge in [-0.3, -0.25) is 14.3 Å². The van der Waals surface area contributed by atoms with Crippen LogP contribution in [0.25, 0.3) is 10.9 Å². The van der Waals surface area contributed by atoms with Crippen LogP contribution in [0.15, 0.2) is 46.9 Å². The van der Waals surface area contributed by atoms with Gasteiger partial charge in [-0.1, -0.05) is 11.6 Å². The van der Waals surface area contributed by atoms with Crippen LogP contribution < -0.4 is 21.5 Å². The van der Waals surface area contributed by atoms with Gasteiger partial charge in [-0.25, -0.2) is 8.78 Å². The lowest BCUT2D eigenvalue weighted by Gasteiger charge is -2.16. The molecule has 0 bridgehead atoms. The molecule has 15 heteroatoms. The zero-order chi connectivity index (χ0) is 27.9. The highest BCUT2D eigenvalue weighted by Crippen LogP contribution is 2.45. The number of nitrogens with two attached hydrogens (primary N) is 2. The molecule has 3 aromatic carbocycles. The van der Waals surface area contributed by atoms with E-state index in [4.69, 9.17) is 27.8 Å². The third kappa shape index (κ3) is 5.50. The zero-order valence-corrected chi connectivity index (χ0v) is 21.0. The summed E-state index contributed by atoms with van der Waals surface area (Å²) in [5.74, 6) is -4.57. The molecular formula is C23H14BrClF5N5O3. The number of aromatic nitrogens is 2. The first-order chi connectivity index (χ1) is 17.7. The summed E-state index contributed by atoms with van der Waals surface area (Å²) in [4.78, 5) is 24.5. The lowest BCUT2D eigenvalue weighted by molar-refractivity contribution is -0.137. The fourth-order valence-corrected chi connectivity index (χ4v) is 4.34. The normalized spacial score (nSPS) is 11.6. The Kier molecular flexibility index (Phi) is 7.21. The first kappa shape index (κ1) is 27.1. The number of ether oxygens (including phenoxy) is 1. The van der Waals surface area contributed by atoms with Crippen LogP contribution in [0.3, 0.4) is 0 Å². The number of nitrogens with one attached hydrogen (secondary N) is 1. The highest BCUT2D eigenvalue weighted by atomic mass is 79.9. The van der Waals surface area contributed by atoms with Crippen molar-refractivity contribution in [2.24, 2.45) is 5.73 Å². The van der Waals surface area contributed by atoms with E-state index in [1.807, 2.05) is 0 Å². The number of primary amides is 1.